The quantitative estimate of drug-likeness (QED) is 0.690. The van der Waals surface area contributed by atoms with E-state index >= 15 is 0 Å². The molecular weight excluding hydrogens is 211 g/mol. The van der Waals surface area contributed by atoms with Crippen molar-refractivity contribution in [2.45, 2.75) is 39.2 Å². The Balaban J connectivity index is 2.57. The van der Waals surface area contributed by atoms with Crippen LogP contribution in [0, 0.1) is 5.92 Å². The molecule has 1 fully saturated rings. The van der Waals surface area contributed by atoms with Crippen LogP contribution in [0.15, 0.2) is 0 Å². The molecule has 1 saturated heterocycles. The molecule has 0 bridgehead atoms. The third-order valence-electron chi connectivity index (χ3n) is 2.33. The summed E-state index contributed by atoms with van der Waals surface area (Å²) in [6.45, 7) is 1.36. The Bertz CT molecular complexity index is 210. The first kappa shape index (κ1) is 11.5. The average molecular weight is 227 g/mol. The van der Waals surface area contributed by atoms with Gasteiger partial charge in [0.05, 0.1) is 12.7 Å². The van der Waals surface area contributed by atoms with Crippen LogP contribution in [-0.4, -0.2) is 12.7 Å². The fourth-order valence-corrected chi connectivity index (χ4v) is 3.03. The Kier molecular flexibility index (Phi) is 4.24. The van der Waals surface area contributed by atoms with Gasteiger partial charge in [-0.15, -0.1) is 0 Å². The molecule has 1 heterocycles. The molecule has 3 unspecified atom stereocenters. The van der Waals surface area contributed by atoms with E-state index in [1.54, 1.807) is 0 Å². The van der Waals surface area contributed by atoms with E-state index in [9.17, 15) is 4.57 Å². The second-order valence-electron chi connectivity index (χ2n) is 3.33. The highest BCUT2D eigenvalue weighted by molar-refractivity contribution is 7.81. The van der Waals surface area contributed by atoms with Crippen LogP contribution in [0.1, 0.15) is 33.1 Å². The van der Waals surface area contributed by atoms with Gasteiger partial charge in [0.15, 0.2) is 0 Å². The van der Waals surface area contributed by atoms with Crippen LogP contribution in [0.5, 0.6) is 0 Å². The standard InChI is InChI=1S/C8H16ClO3P/c1-3-5-8-7(4-2)6-11-13(9,10)12-8/h7-8H,3-6H2,1-2H3. The molecule has 78 valence electrons. The molecule has 0 amide bonds. The van der Waals surface area contributed by atoms with Crippen molar-refractivity contribution in [1.29, 1.82) is 0 Å². The van der Waals surface area contributed by atoms with Crippen molar-refractivity contribution in [2.24, 2.45) is 5.92 Å². The molecule has 0 radical (unpaired) electrons. The summed E-state index contributed by atoms with van der Waals surface area (Å²) in [5, 5.41) is 0. The first-order valence-corrected chi connectivity index (χ1v) is 7.16. The monoisotopic (exact) mass is 226 g/mol. The van der Waals surface area contributed by atoms with E-state index in [-0.39, 0.29) is 6.10 Å². The second kappa shape index (κ2) is 4.79. The molecule has 13 heavy (non-hydrogen) atoms. The molecule has 0 aromatic carbocycles. The Morgan fingerprint density at radius 1 is 1.54 bits per heavy atom. The molecule has 3 atom stereocenters. The van der Waals surface area contributed by atoms with E-state index in [4.69, 9.17) is 20.3 Å². The molecular formula is C8H16ClO3P. The minimum Gasteiger partial charge on any atom is -0.297 e. The van der Waals surface area contributed by atoms with Crippen molar-refractivity contribution in [2.75, 3.05) is 6.61 Å². The summed E-state index contributed by atoms with van der Waals surface area (Å²) in [5.74, 6) is 0.334. The summed E-state index contributed by atoms with van der Waals surface area (Å²) in [6.07, 6.45) is 2.89. The van der Waals surface area contributed by atoms with Crippen molar-refractivity contribution in [3.05, 3.63) is 0 Å². The lowest BCUT2D eigenvalue weighted by Gasteiger charge is -2.32. The molecule has 0 aromatic rings. The van der Waals surface area contributed by atoms with Gasteiger partial charge in [-0.05, 0) is 12.8 Å². The van der Waals surface area contributed by atoms with Gasteiger partial charge in [-0.2, -0.15) is 0 Å². The SMILES string of the molecule is CCCC1OP(=O)(Cl)OCC1CC. The molecule has 1 aliphatic heterocycles. The number of hydrogen-bond acceptors (Lipinski definition) is 3. The molecule has 1 aliphatic rings. The fourth-order valence-electron chi connectivity index (χ4n) is 1.52. The number of rotatable bonds is 3. The highest BCUT2D eigenvalue weighted by atomic mass is 35.7. The zero-order chi connectivity index (χ0) is 9.90. The van der Waals surface area contributed by atoms with Crippen LogP contribution in [0.2, 0.25) is 0 Å². The molecule has 0 saturated carbocycles. The molecule has 0 aromatic heterocycles. The van der Waals surface area contributed by atoms with Crippen LogP contribution < -0.4 is 0 Å². The van der Waals surface area contributed by atoms with Crippen molar-refractivity contribution in [3.8, 4) is 0 Å². The Morgan fingerprint density at radius 2 is 2.23 bits per heavy atom. The summed E-state index contributed by atoms with van der Waals surface area (Å²) < 4.78 is 21.5. The summed E-state index contributed by atoms with van der Waals surface area (Å²) in [4.78, 5) is 0. The highest BCUT2D eigenvalue weighted by Gasteiger charge is 2.36. The van der Waals surface area contributed by atoms with Crippen LogP contribution in [0.25, 0.3) is 0 Å². The molecule has 5 heteroatoms. The van der Waals surface area contributed by atoms with E-state index < -0.39 is 6.95 Å². The summed E-state index contributed by atoms with van der Waals surface area (Å²) in [7, 11) is 0. The van der Waals surface area contributed by atoms with E-state index in [2.05, 4.69) is 13.8 Å². The van der Waals surface area contributed by atoms with Gasteiger partial charge in [0, 0.05) is 17.2 Å². The Hall–Kier alpha value is 0.440. The van der Waals surface area contributed by atoms with E-state index in [0.29, 0.717) is 12.5 Å². The summed E-state index contributed by atoms with van der Waals surface area (Å²) >= 11 is 5.54. The molecule has 0 N–H and O–H groups in total. The lowest BCUT2D eigenvalue weighted by atomic mass is 9.97. The van der Waals surface area contributed by atoms with E-state index in [1.165, 1.54) is 0 Å². The zero-order valence-electron chi connectivity index (χ0n) is 8.03. The lowest BCUT2D eigenvalue weighted by Crippen LogP contribution is -2.30. The minimum absolute atomic E-state index is 0.00656. The van der Waals surface area contributed by atoms with Crippen LogP contribution in [0.3, 0.4) is 0 Å². The number of hydrogen-bond donors (Lipinski definition) is 0. The first-order chi connectivity index (χ1) is 6.09. The molecule has 1 rings (SSSR count). The van der Waals surface area contributed by atoms with Crippen LogP contribution in [-0.2, 0) is 13.6 Å². The van der Waals surface area contributed by atoms with Gasteiger partial charge in [-0.3, -0.25) is 9.05 Å². The van der Waals surface area contributed by atoms with E-state index in [0.717, 1.165) is 19.3 Å². The Labute approximate surface area is 84.1 Å². The van der Waals surface area contributed by atoms with Gasteiger partial charge in [0.1, 0.15) is 0 Å². The van der Waals surface area contributed by atoms with Gasteiger partial charge >= 0.3 is 6.95 Å². The third-order valence-corrected chi connectivity index (χ3v) is 3.84. The maximum absolute atomic E-state index is 11.3. The predicted molar refractivity (Wildman–Crippen MR) is 53.0 cm³/mol. The first-order valence-electron chi connectivity index (χ1n) is 4.71. The summed E-state index contributed by atoms with van der Waals surface area (Å²) in [5.41, 5.74) is 0. The third kappa shape index (κ3) is 3.25. The van der Waals surface area contributed by atoms with Gasteiger partial charge in [0.2, 0.25) is 0 Å². The van der Waals surface area contributed by atoms with Gasteiger partial charge in [0.25, 0.3) is 0 Å². The Morgan fingerprint density at radius 3 is 2.77 bits per heavy atom. The predicted octanol–water partition coefficient (Wildman–Crippen LogP) is 3.58. The molecule has 3 nitrogen and oxygen atoms in total. The van der Waals surface area contributed by atoms with Crippen molar-refractivity contribution in [1.82, 2.24) is 0 Å². The van der Waals surface area contributed by atoms with E-state index in [1.807, 2.05) is 0 Å². The van der Waals surface area contributed by atoms with Crippen molar-refractivity contribution in [3.63, 3.8) is 0 Å². The number of halogens is 1. The highest BCUT2D eigenvalue weighted by Crippen LogP contribution is 2.58. The fraction of sp³-hybridized carbons (Fsp3) is 1.00. The zero-order valence-corrected chi connectivity index (χ0v) is 9.68. The lowest BCUT2D eigenvalue weighted by molar-refractivity contribution is 0.0273. The molecule has 0 aliphatic carbocycles. The van der Waals surface area contributed by atoms with Crippen LogP contribution >= 0.6 is 18.2 Å². The molecule has 0 spiro atoms. The van der Waals surface area contributed by atoms with Crippen molar-refractivity contribution >= 4 is 18.2 Å². The van der Waals surface area contributed by atoms with Crippen molar-refractivity contribution < 1.29 is 13.6 Å². The van der Waals surface area contributed by atoms with Crippen LogP contribution in [0.4, 0.5) is 0 Å². The maximum Gasteiger partial charge on any atom is 0.424 e. The largest absolute Gasteiger partial charge is 0.424 e. The van der Waals surface area contributed by atoms with Gasteiger partial charge < -0.3 is 0 Å². The summed E-state index contributed by atoms with van der Waals surface area (Å²) in [6, 6.07) is 0. The maximum atomic E-state index is 11.3. The average Bonchev–Trinajstić information content (AvgIpc) is 2.04. The second-order valence-corrected chi connectivity index (χ2v) is 5.90. The van der Waals surface area contributed by atoms with Gasteiger partial charge in [-0.25, -0.2) is 4.57 Å². The topological polar surface area (TPSA) is 35.5 Å². The smallest absolute Gasteiger partial charge is 0.297 e. The minimum atomic E-state index is -3.25. The van der Waals surface area contributed by atoms with Gasteiger partial charge in [-0.1, -0.05) is 20.3 Å². The normalized spacial score (nSPS) is 40.5.